The summed E-state index contributed by atoms with van der Waals surface area (Å²) in [6.07, 6.45) is 35.1. The van der Waals surface area contributed by atoms with Gasteiger partial charge in [-0.2, -0.15) is 0 Å². The number of ether oxygens (including phenoxy) is 1. The highest BCUT2D eigenvalue weighted by atomic mass is 16.6. The number of hydrogen-bond donors (Lipinski definition) is 1. The van der Waals surface area contributed by atoms with Crippen LogP contribution in [-0.2, 0) is 4.74 Å². The van der Waals surface area contributed by atoms with E-state index in [0.717, 1.165) is 12.8 Å². The predicted octanol–water partition coefficient (Wildman–Crippen LogP) is 10.9. The zero-order valence-corrected chi connectivity index (χ0v) is 28.9. The van der Waals surface area contributed by atoms with Crippen molar-refractivity contribution in [3.05, 3.63) is 119 Å². The van der Waals surface area contributed by atoms with Gasteiger partial charge in [-0.05, 0) is 78.2 Å². The lowest BCUT2D eigenvalue weighted by molar-refractivity contribution is 0.117. The molecule has 3 rings (SSSR count). The predicted molar refractivity (Wildman–Crippen MR) is 187 cm³/mol. The molecular weight excluding hydrogens is 524 g/mol. The van der Waals surface area contributed by atoms with Gasteiger partial charge in [0.25, 0.3) is 0 Å². The topological polar surface area (TPSA) is 32.8 Å². The minimum absolute atomic E-state index is 0.0161. The third-order valence-corrected chi connectivity index (χ3v) is 9.65. The Morgan fingerprint density at radius 2 is 1.26 bits per heavy atom. The average Bonchev–Trinajstić information content (AvgIpc) is 3.49. The van der Waals surface area contributed by atoms with E-state index in [4.69, 9.17) is 4.74 Å². The first kappa shape index (κ1) is 34.8. The van der Waals surface area contributed by atoms with Crippen LogP contribution in [0.3, 0.4) is 0 Å². The second-order valence-electron chi connectivity index (χ2n) is 15.1. The molecule has 5 atom stereocenters. The summed E-state index contributed by atoms with van der Waals surface area (Å²) < 4.78 is 6.41. The maximum atomic E-state index is 10.1. The highest BCUT2D eigenvalue weighted by Crippen LogP contribution is 2.67. The quantitative estimate of drug-likeness (QED) is 0.158. The van der Waals surface area contributed by atoms with Gasteiger partial charge in [-0.25, -0.2) is 0 Å². The third kappa shape index (κ3) is 8.93. The van der Waals surface area contributed by atoms with Crippen LogP contribution < -0.4 is 0 Å². The van der Waals surface area contributed by atoms with Gasteiger partial charge in [-0.1, -0.05) is 148 Å². The van der Waals surface area contributed by atoms with Gasteiger partial charge in [0, 0.05) is 11.3 Å². The molecule has 0 amide bonds. The molecule has 1 aliphatic heterocycles. The van der Waals surface area contributed by atoms with Crippen molar-refractivity contribution in [2.75, 3.05) is 0 Å². The fraction of sp³-hybridized carbons (Fsp3) is 0.512. The maximum absolute atomic E-state index is 10.1. The van der Waals surface area contributed by atoms with Crippen molar-refractivity contribution in [1.82, 2.24) is 0 Å². The molecule has 2 aliphatic carbocycles. The molecule has 1 saturated carbocycles. The lowest BCUT2D eigenvalue weighted by Crippen LogP contribution is -2.43. The monoisotopic (exact) mass is 582 g/mol. The van der Waals surface area contributed by atoms with Crippen LogP contribution in [0.2, 0.25) is 0 Å². The minimum atomic E-state index is -0.328. The van der Waals surface area contributed by atoms with Crippen LogP contribution in [0.15, 0.2) is 119 Å². The van der Waals surface area contributed by atoms with Crippen LogP contribution in [0.25, 0.3) is 0 Å². The van der Waals surface area contributed by atoms with E-state index in [2.05, 4.69) is 161 Å². The highest BCUT2D eigenvalue weighted by Gasteiger charge is 2.74. The summed E-state index contributed by atoms with van der Waals surface area (Å²) in [5.74, 6) is 1.06. The Hall–Kier alpha value is -2.68. The molecule has 1 heterocycles. The largest absolute Gasteiger partial charge is 0.389 e. The van der Waals surface area contributed by atoms with E-state index in [-0.39, 0.29) is 28.1 Å². The van der Waals surface area contributed by atoms with Crippen molar-refractivity contribution in [2.45, 2.75) is 113 Å². The Labute approximate surface area is 263 Å². The second-order valence-corrected chi connectivity index (χ2v) is 15.1. The first-order valence-electron chi connectivity index (χ1n) is 16.2. The molecule has 5 unspecified atom stereocenters. The van der Waals surface area contributed by atoms with Crippen LogP contribution in [0.4, 0.5) is 0 Å². The molecule has 3 aliphatic rings. The van der Waals surface area contributed by atoms with E-state index in [0.29, 0.717) is 11.8 Å². The van der Waals surface area contributed by atoms with E-state index >= 15 is 0 Å². The molecule has 0 aromatic heterocycles. The summed E-state index contributed by atoms with van der Waals surface area (Å²) in [4.78, 5) is 0. The SMILES string of the molecule is CC(C=CC=C(C)C=CC1C(C)=CC(O)CC1(C)C)=CC=CC=C(C)C=CC=C(C)C=CC12OC1(C)CC(C)CC2(C)C. The summed E-state index contributed by atoms with van der Waals surface area (Å²) in [6.45, 7) is 24.5. The smallest absolute Gasteiger partial charge is 0.121 e. The zero-order valence-electron chi connectivity index (χ0n) is 28.9. The molecule has 1 N–H and O–H groups in total. The van der Waals surface area contributed by atoms with Crippen LogP contribution in [0, 0.1) is 22.7 Å². The molecule has 1 saturated heterocycles. The van der Waals surface area contributed by atoms with Gasteiger partial charge in [-0.3, -0.25) is 0 Å². The lowest BCUT2D eigenvalue weighted by Gasteiger charge is -2.39. The molecule has 0 spiro atoms. The van der Waals surface area contributed by atoms with E-state index < -0.39 is 0 Å². The summed E-state index contributed by atoms with van der Waals surface area (Å²) in [7, 11) is 0. The van der Waals surface area contributed by atoms with Crippen molar-refractivity contribution in [3.63, 3.8) is 0 Å². The number of aliphatic hydroxyl groups excluding tert-OH is 1. The number of aliphatic hydroxyl groups is 1. The van der Waals surface area contributed by atoms with E-state index in [1.54, 1.807) is 0 Å². The molecule has 2 fully saturated rings. The van der Waals surface area contributed by atoms with Gasteiger partial charge in [0.2, 0.25) is 0 Å². The molecule has 234 valence electrons. The fourth-order valence-electron chi connectivity index (χ4n) is 7.57. The normalized spacial score (nSPS) is 33.8. The van der Waals surface area contributed by atoms with Crippen molar-refractivity contribution >= 4 is 0 Å². The molecule has 0 aromatic carbocycles. The van der Waals surface area contributed by atoms with Crippen molar-refractivity contribution in [2.24, 2.45) is 22.7 Å². The molecular formula is C41H58O2. The molecule has 43 heavy (non-hydrogen) atoms. The van der Waals surface area contributed by atoms with Gasteiger partial charge in [0.15, 0.2) is 0 Å². The van der Waals surface area contributed by atoms with Gasteiger partial charge in [0.05, 0.1) is 6.10 Å². The van der Waals surface area contributed by atoms with Crippen LogP contribution >= 0.6 is 0 Å². The first-order valence-corrected chi connectivity index (χ1v) is 16.2. The summed E-state index contributed by atoms with van der Waals surface area (Å²) >= 11 is 0. The molecule has 0 aromatic rings. The van der Waals surface area contributed by atoms with Crippen LogP contribution in [0.5, 0.6) is 0 Å². The zero-order chi connectivity index (χ0) is 32.1. The Morgan fingerprint density at radius 1 is 0.744 bits per heavy atom. The Morgan fingerprint density at radius 3 is 1.79 bits per heavy atom. The third-order valence-electron chi connectivity index (χ3n) is 9.65. The molecule has 2 nitrogen and oxygen atoms in total. The fourth-order valence-corrected chi connectivity index (χ4v) is 7.57. The highest BCUT2D eigenvalue weighted by molar-refractivity contribution is 5.37. The van der Waals surface area contributed by atoms with Crippen molar-refractivity contribution in [3.8, 4) is 0 Å². The molecule has 0 radical (unpaired) electrons. The standard InChI is InChI=1S/C41H58O2/c1-30(18-14-20-32(3)22-23-37-35(6)26-36(42)29-38(37,7)8)16-12-13-17-31(2)19-15-21-33(4)24-25-41-39(9,10)27-34(5)28-40(41,11)43-41/h12-26,34,36-37,42H,27-29H2,1-11H3. The van der Waals surface area contributed by atoms with Gasteiger partial charge < -0.3 is 9.84 Å². The summed E-state index contributed by atoms with van der Waals surface area (Å²) in [5.41, 5.74) is 6.17. The van der Waals surface area contributed by atoms with Gasteiger partial charge in [0.1, 0.15) is 11.2 Å². The van der Waals surface area contributed by atoms with E-state index in [1.807, 2.05) is 6.08 Å². The number of hydrogen-bond acceptors (Lipinski definition) is 2. The Bertz CT molecular complexity index is 1310. The molecule has 2 heteroatoms. The van der Waals surface area contributed by atoms with Crippen LogP contribution in [-0.4, -0.2) is 22.4 Å². The van der Waals surface area contributed by atoms with E-state index in [9.17, 15) is 5.11 Å². The average molecular weight is 583 g/mol. The Kier molecular flexibility index (Phi) is 11.3. The van der Waals surface area contributed by atoms with Gasteiger partial charge >= 0.3 is 0 Å². The van der Waals surface area contributed by atoms with E-state index in [1.165, 1.54) is 34.3 Å². The number of fused-ring (bicyclic) bond motifs is 1. The van der Waals surface area contributed by atoms with Crippen molar-refractivity contribution in [1.29, 1.82) is 0 Å². The van der Waals surface area contributed by atoms with Crippen molar-refractivity contribution < 1.29 is 9.84 Å². The second kappa shape index (κ2) is 14.0. The summed E-state index contributed by atoms with van der Waals surface area (Å²) in [5, 5.41) is 10.1. The minimum Gasteiger partial charge on any atom is -0.389 e. The summed E-state index contributed by atoms with van der Waals surface area (Å²) in [6, 6.07) is 0. The number of epoxide rings is 1. The van der Waals surface area contributed by atoms with Crippen LogP contribution in [0.1, 0.15) is 95.4 Å². The number of allylic oxidation sites excluding steroid dienone is 18. The lowest BCUT2D eigenvalue weighted by atomic mass is 9.61. The first-order chi connectivity index (χ1) is 20.0. The number of rotatable bonds is 10. The molecule has 0 bridgehead atoms. The maximum Gasteiger partial charge on any atom is 0.121 e. The van der Waals surface area contributed by atoms with Gasteiger partial charge in [-0.15, -0.1) is 0 Å². The Balaban J connectivity index is 1.49.